The molecule has 0 bridgehead atoms. The summed E-state index contributed by atoms with van der Waals surface area (Å²) in [6, 6.07) is 9.95. The summed E-state index contributed by atoms with van der Waals surface area (Å²) in [5.74, 6) is 5.79. The Morgan fingerprint density at radius 3 is 1.18 bits per heavy atom. The number of hydrogen-bond acceptors (Lipinski definition) is 0. The van der Waals surface area contributed by atoms with Gasteiger partial charge in [0.25, 0.3) is 0 Å². The summed E-state index contributed by atoms with van der Waals surface area (Å²) < 4.78 is 0. The van der Waals surface area contributed by atoms with Crippen molar-refractivity contribution in [1.29, 1.82) is 0 Å². The van der Waals surface area contributed by atoms with Gasteiger partial charge < -0.3 is 0 Å². The summed E-state index contributed by atoms with van der Waals surface area (Å²) in [5.41, 5.74) is 1.08. The highest BCUT2D eigenvalue weighted by molar-refractivity contribution is 5.32. The van der Waals surface area contributed by atoms with Crippen LogP contribution in [0.4, 0.5) is 0 Å². The summed E-state index contributed by atoms with van der Waals surface area (Å²) in [6.07, 6.45) is 12.1. The smallest absolute Gasteiger partial charge is 0.0245 e. The van der Waals surface area contributed by atoms with Gasteiger partial charge in [-0.25, -0.2) is 0 Å². The Bertz CT molecular complexity index is 460. The summed E-state index contributed by atoms with van der Waals surface area (Å²) in [5, 5.41) is 0. The van der Waals surface area contributed by atoms with Crippen molar-refractivity contribution in [2.24, 2.45) is 0 Å². The average Bonchev–Trinajstić information content (AvgIpc) is 2.78. The molecule has 0 heterocycles. The van der Waals surface area contributed by atoms with Crippen molar-refractivity contribution in [3.05, 3.63) is 111 Å². The van der Waals surface area contributed by atoms with Gasteiger partial charge >= 0.3 is 0 Å². The van der Waals surface area contributed by atoms with Crippen LogP contribution in [0.3, 0.4) is 0 Å². The highest BCUT2D eigenvalue weighted by Crippen LogP contribution is 1.93. The fourth-order valence-corrected chi connectivity index (χ4v) is 0.823. The molecular weight excluding hydrogens is 336 g/mol. The van der Waals surface area contributed by atoms with Gasteiger partial charge in [0, 0.05) is 5.56 Å². The molecule has 28 heavy (non-hydrogen) atoms. The van der Waals surface area contributed by atoms with E-state index in [9.17, 15) is 0 Å². The van der Waals surface area contributed by atoms with E-state index in [1.165, 1.54) is 0 Å². The van der Waals surface area contributed by atoms with E-state index in [0.29, 0.717) is 0 Å². The van der Waals surface area contributed by atoms with Crippen LogP contribution in [0.1, 0.15) is 61.0 Å². The van der Waals surface area contributed by atoms with Crippen molar-refractivity contribution in [2.45, 2.75) is 55.4 Å². The number of rotatable bonds is 3. The van der Waals surface area contributed by atoms with Crippen molar-refractivity contribution in [1.82, 2.24) is 0 Å². The minimum absolute atomic E-state index is 1.08. The highest BCUT2D eigenvalue weighted by atomic mass is 13.8. The van der Waals surface area contributed by atoms with Gasteiger partial charge in [-0.05, 0) is 26.0 Å². The molecule has 0 nitrogen and oxygen atoms in total. The standard InChI is InChI=1S/C9H8.C6H8.C4H6.C3H6.3C2H6/c1-2-6-9-7-4-3-5-8-9;1-3-5-6-4-2;1-3-4-2;1-3-2;3*1-2/h3-5,7-8H,1H3;3-6H,1-2H2;3-4H,1-2H2;3H,1H2,2H3;3*1-2H3/b;6-5-;;;;;. The molecule has 0 aliphatic rings. The van der Waals surface area contributed by atoms with Crippen molar-refractivity contribution in [2.75, 3.05) is 0 Å². The van der Waals surface area contributed by atoms with E-state index < -0.39 is 0 Å². The second kappa shape index (κ2) is 64.6. The molecule has 0 amide bonds. The van der Waals surface area contributed by atoms with Crippen LogP contribution in [0.25, 0.3) is 0 Å². The molecule has 0 atom stereocenters. The molecule has 0 N–H and O–H groups in total. The minimum atomic E-state index is 1.08. The Kier molecular flexibility index (Phi) is 92.4. The van der Waals surface area contributed by atoms with Gasteiger partial charge in [-0.3, -0.25) is 0 Å². The van der Waals surface area contributed by atoms with E-state index in [4.69, 9.17) is 0 Å². The van der Waals surface area contributed by atoms with E-state index >= 15 is 0 Å². The Morgan fingerprint density at radius 2 is 0.964 bits per heavy atom. The molecule has 0 heteroatoms. The quantitative estimate of drug-likeness (QED) is 0.277. The Labute approximate surface area is 178 Å². The molecule has 0 aliphatic carbocycles. The lowest BCUT2D eigenvalue weighted by Gasteiger charge is -1.83. The maximum Gasteiger partial charge on any atom is 0.0245 e. The van der Waals surface area contributed by atoms with Crippen LogP contribution < -0.4 is 0 Å². The molecule has 0 fully saturated rings. The van der Waals surface area contributed by atoms with Crippen molar-refractivity contribution in [3.8, 4) is 11.8 Å². The van der Waals surface area contributed by atoms with Gasteiger partial charge in [-0.15, -0.1) is 12.5 Å². The number of benzene rings is 1. The number of allylic oxidation sites excluding steroid dienone is 7. The molecule has 1 rings (SSSR count). The van der Waals surface area contributed by atoms with Gasteiger partial charge in [0.05, 0.1) is 0 Å². The lowest BCUT2D eigenvalue weighted by Crippen LogP contribution is -1.67. The zero-order valence-electron chi connectivity index (χ0n) is 20.0. The van der Waals surface area contributed by atoms with Gasteiger partial charge in [0.1, 0.15) is 0 Å². The molecule has 1 aromatic carbocycles. The van der Waals surface area contributed by atoms with Crippen LogP contribution in [0.5, 0.6) is 0 Å². The Morgan fingerprint density at radius 1 is 0.643 bits per heavy atom. The first-order valence-corrected chi connectivity index (χ1v) is 9.86. The van der Waals surface area contributed by atoms with Crippen LogP contribution >= 0.6 is 0 Å². The maximum atomic E-state index is 3.46. The highest BCUT2D eigenvalue weighted by Gasteiger charge is 1.77. The molecule has 0 radical (unpaired) electrons. The van der Waals surface area contributed by atoms with Crippen molar-refractivity contribution < 1.29 is 0 Å². The molecule has 0 saturated heterocycles. The monoisotopic (exact) mass is 382 g/mol. The summed E-state index contributed by atoms with van der Waals surface area (Å²) in [6.45, 7) is 32.7. The third-order valence-corrected chi connectivity index (χ3v) is 1.59. The predicted octanol–water partition coefficient (Wildman–Crippen LogP) is 9.60. The lowest BCUT2D eigenvalue weighted by molar-refractivity contribution is 1.50. The van der Waals surface area contributed by atoms with Gasteiger partial charge in [0.15, 0.2) is 0 Å². The third-order valence-electron chi connectivity index (χ3n) is 1.59. The van der Waals surface area contributed by atoms with Crippen LogP contribution in [-0.2, 0) is 0 Å². The molecule has 1 aromatic rings. The summed E-state index contributed by atoms with van der Waals surface area (Å²) in [7, 11) is 0. The summed E-state index contributed by atoms with van der Waals surface area (Å²) in [4.78, 5) is 0. The Balaban J connectivity index is -0.0000000562. The SMILES string of the molecule is C=C/C=C\C=C.C=CC.C=CC=C.CC.CC.CC.CC#Cc1ccccc1. The average molecular weight is 383 g/mol. The normalized spacial score (nSPS) is 6.14. The van der Waals surface area contributed by atoms with Crippen LogP contribution in [0.2, 0.25) is 0 Å². The Hall–Kier alpha value is -2.78. The van der Waals surface area contributed by atoms with Crippen LogP contribution in [-0.4, -0.2) is 0 Å². The summed E-state index contributed by atoms with van der Waals surface area (Å²) >= 11 is 0. The maximum absolute atomic E-state index is 3.46. The van der Waals surface area contributed by atoms with Crippen LogP contribution in [0, 0.1) is 11.8 Å². The zero-order chi connectivity index (χ0) is 23.5. The third kappa shape index (κ3) is 76.8. The molecular formula is C28H46. The van der Waals surface area contributed by atoms with Crippen molar-refractivity contribution in [3.63, 3.8) is 0 Å². The zero-order valence-corrected chi connectivity index (χ0v) is 20.0. The van der Waals surface area contributed by atoms with Crippen molar-refractivity contribution >= 4 is 0 Å². The van der Waals surface area contributed by atoms with Gasteiger partial charge in [0.2, 0.25) is 0 Å². The molecule has 0 spiro atoms. The first-order chi connectivity index (χ1) is 13.7. The fraction of sp³-hybridized carbons (Fsp3) is 0.286. The predicted molar refractivity (Wildman–Crippen MR) is 139 cm³/mol. The molecule has 0 aromatic heterocycles. The second-order valence-corrected chi connectivity index (χ2v) is 3.48. The van der Waals surface area contributed by atoms with E-state index in [1.54, 1.807) is 30.4 Å². The van der Waals surface area contributed by atoms with E-state index in [1.807, 2.05) is 97.9 Å². The number of hydrogen-bond donors (Lipinski definition) is 0. The van der Waals surface area contributed by atoms with Crippen LogP contribution in [0.15, 0.2) is 106 Å². The first-order valence-electron chi connectivity index (χ1n) is 9.86. The van der Waals surface area contributed by atoms with Gasteiger partial charge in [-0.2, -0.15) is 0 Å². The van der Waals surface area contributed by atoms with E-state index in [0.717, 1.165) is 5.56 Å². The fourth-order valence-electron chi connectivity index (χ4n) is 0.823. The molecule has 0 saturated carbocycles. The topological polar surface area (TPSA) is 0 Å². The first kappa shape index (κ1) is 40.0. The minimum Gasteiger partial charge on any atom is -0.103 e. The molecule has 0 aliphatic heterocycles. The van der Waals surface area contributed by atoms with E-state index in [-0.39, 0.29) is 0 Å². The van der Waals surface area contributed by atoms with Gasteiger partial charge in [-0.1, -0.05) is 135 Å². The second-order valence-electron chi connectivity index (χ2n) is 3.48. The largest absolute Gasteiger partial charge is 0.103 e. The lowest BCUT2D eigenvalue weighted by atomic mass is 10.2. The molecule has 158 valence electrons. The van der Waals surface area contributed by atoms with E-state index in [2.05, 4.69) is 44.7 Å². The molecule has 0 unspecified atom stereocenters.